The third-order valence-electron chi connectivity index (χ3n) is 1.64. The number of hydrogen-bond donors (Lipinski definition) is 2. The zero-order chi connectivity index (χ0) is 8.81. The molecule has 0 amide bonds. The molecule has 1 aromatic heterocycles. The highest BCUT2D eigenvalue weighted by Gasteiger charge is 2.00. The highest BCUT2D eigenvalue weighted by atomic mass is 16.6. The van der Waals surface area contributed by atoms with Crippen molar-refractivity contribution in [2.75, 3.05) is 6.54 Å². The summed E-state index contributed by atoms with van der Waals surface area (Å²) >= 11 is 0. The van der Waals surface area contributed by atoms with Crippen molar-refractivity contribution < 1.29 is 4.84 Å². The molecule has 0 aromatic carbocycles. The molecule has 1 heterocycles. The SMILES string of the molecule is NCCCc1cnccc1ON. The van der Waals surface area contributed by atoms with E-state index in [1.165, 1.54) is 0 Å². The van der Waals surface area contributed by atoms with Gasteiger partial charge in [0.2, 0.25) is 0 Å². The summed E-state index contributed by atoms with van der Waals surface area (Å²) in [4.78, 5) is 8.63. The fourth-order valence-electron chi connectivity index (χ4n) is 1.01. The number of hydrogen-bond acceptors (Lipinski definition) is 4. The van der Waals surface area contributed by atoms with E-state index in [9.17, 15) is 0 Å². The van der Waals surface area contributed by atoms with Crippen LogP contribution in [0.3, 0.4) is 0 Å². The molecule has 66 valence electrons. The van der Waals surface area contributed by atoms with Gasteiger partial charge in [0.1, 0.15) is 0 Å². The van der Waals surface area contributed by atoms with Gasteiger partial charge in [0.05, 0.1) is 0 Å². The fourth-order valence-corrected chi connectivity index (χ4v) is 1.01. The van der Waals surface area contributed by atoms with Crippen LogP contribution in [0.2, 0.25) is 0 Å². The average molecular weight is 167 g/mol. The molecule has 0 aliphatic rings. The number of nitrogens with two attached hydrogens (primary N) is 2. The molecule has 12 heavy (non-hydrogen) atoms. The van der Waals surface area contributed by atoms with Crippen LogP contribution in [0, 0.1) is 0 Å². The van der Waals surface area contributed by atoms with Gasteiger partial charge < -0.3 is 10.6 Å². The molecule has 0 fully saturated rings. The summed E-state index contributed by atoms with van der Waals surface area (Å²) < 4.78 is 0. The number of rotatable bonds is 4. The highest BCUT2D eigenvalue weighted by molar-refractivity contribution is 5.29. The lowest BCUT2D eigenvalue weighted by Gasteiger charge is -2.04. The Balaban J connectivity index is 2.68. The van der Waals surface area contributed by atoms with E-state index in [0.717, 1.165) is 18.4 Å². The van der Waals surface area contributed by atoms with Gasteiger partial charge in [0, 0.05) is 24.0 Å². The molecule has 1 aromatic rings. The van der Waals surface area contributed by atoms with E-state index < -0.39 is 0 Å². The molecule has 0 radical (unpaired) electrons. The van der Waals surface area contributed by atoms with E-state index in [1.807, 2.05) is 0 Å². The lowest BCUT2D eigenvalue weighted by Crippen LogP contribution is -2.06. The largest absolute Gasteiger partial charge is 0.411 e. The monoisotopic (exact) mass is 167 g/mol. The molecule has 4 nitrogen and oxygen atoms in total. The van der Waals surface area contributed by atoms with Gasteiger partial charge in [-0.25, -0.2) is 0 Å². The van der Waals surface area contributed by atoms with E-state index in [1.54, 1.807) is 18.5 Å². The summed E-state index contributed by atoms with van der Waals surface area (Å²) in [7, 11) is 0. The zero-order valence-electron chi connectivity index (χ0n) is 6.86. The number of aryl methyl sites for hydroxylation is 1. The Hall–Kier alpha value is -1.13. The minimum Gasteiger partial charge on any atom is -0.411 e. The summed E-state index contributed by atoms with van der Waals surface area (Å²) in [5.41, 5.74) is 6.38. The number of aromatic nitrogens is 1. The topological polar surface area (TPSA) is 74.2 Å². The Kier molecular flexibility index (Phi) is 3.50. The van der Waals surface area contributed by atoms with Gasteiger partial charge in [-0.2, -0.15) is 5.90 Å². The second-order valence-corrected chi connectivity index (χ2v) is 2.49. The minimum atomic E-state index is 0.666. The quantitative estimate of drug-likeness (QED) is 0.629. The van der Waals surface area contributed by atoms with Crippen LogP contribution in [0.4, 0.5) is 0 Å². The minimum absolute atomic E-state index is 0.666. The molecule has 0 spiro atoms. The summed E-state index contributed by atoms with van der Waals surface area (Å²) in [6.07, 6.45) is 5.17. The normalized spacial score (nSPS) is 9.83. The van der Waals surface area contributed by atoms with Crippen LogP contribution in [0.1, 0.15) is 12.0 Å². The van der Waals surface area contributed by atoms with E-state index in [-0.39, 0.29) is 0 Å². The van der Waals surface area contributed by atoms with Gasteiger partial charge in [-0.15, -0.1) is 0 Å². The summed E-state index contributed by atoms with van der Waals surface area (Å²) in [6.45, 7) is 0.666. The molecule has 1 rings (SSSR count). The maximum atomic E-state index is 5.38. The molecule has 0 atom stereocenters. The Bertz CT molecular complexity index is 239. The predicted octanol–water partition coefficient (Wildman–Crippen LogP) is 0.225. The van der Waals surface area contributed by atoms with Crippen LogP contribution in [0.5, 0.6) is 5.75 Å². The zero-order valence-corrected chi connectivity index (χ0v) is 6.86. The standard InChI is InChI=1S/C8H13N3O/c9-4-1-2-7-6-11-5-3-8(7)12-10/h3,5-6H,1-2,4,9-10H2. The molecule has 0 aliphatic carbocycles. The molecule has 0 saturated heterocycles. The lowest BCUT2D eigenvalue weighted by molar-refractivity contribution is 0.330. The number of nitrogens with zero attached hydrogens (tertiary/aromatic N) is 1. The smallest absolute Gasteiger partial charge is 0.153 e. The van der Waals surface area contributed by atoms with Crippen LogP contribution in [-0.2, 0) is 6.42 Å². The van der Waals surface area contributed by atoms with Crippen LogP contribution in [-0.4, -0.2) is 11.5 Å². The van der Waals surface area contributed by atoms with Crippen LogP contribution in [0.25, 0.3) is 0 Å². The fraction of sp³-hybridized carbons (Fsp3) is 0.375. The van der Waals surface area contributed by atoms with Crippen molar-refractivity contribution in [2.45, 2.75) is 12.8 Å². The van der Waals surface area contributed by atoms with E-state index in [2.05, 4.69) is 9.82 Å². The van der Waals surface area contributed by atoms with Crippen molar-refractivity contribution in [3.63, 3.8) is 0 Å². The predicted molar refractivity (Wildman–Crippen MR) is 46.4 cm³/mol. The molecule has 0 bridgehead atoms. The Morgan fingerprint density at radius 3 is 3.00 bits per heavy atom. The van der Waals surface area contributed by atoms with E-state index in [4.69, 9.17) is 11.6 Å². The van der Waals surface area contributed by atoms with Crippen molar-refractivity contribution >= 4 is 0 Å². The Morgan fingerprint density at radius 2 is 2.33 bits per heavy atom. The first-order chi connectivity index (χ1) is 5.88. The van der Waals surface area contributed by atoms with Gasteiger partial charge in [0.15, 0.2) is 5.75 Å². The van der Waals surface area contributed by atoms with E-state index >= 15 is 0 Å². The molecular weight excluding hydrogens is 154 g/mol. The van der Waals surface area contributed by atoms with Crippen LogP contribution in [0.15, 0.2) is 18.5 Å². The highest BCUT2D eigenvalue weighted by Crippen LogP contribution is 2.16. The summed E-state index contributed by atoms with van der Waals surface area (Å²) in [5, 5.41) is 0. The first-order valence-electron chi connectivity index (χ1n) is 3.88. The first kappa shape index (κ1) is 8.96. The van der Waals surface area contributed by atoms with Crippen molar-refractivity contribution in [2.24, 2.45) is 11.6 Å². The van der Waals surface area contributed by atoms with Crippen LogP contribution >= 0.6 is 0 Å². The molecular formula is C8H13N3O. The Labute approximate surface area is 71.5 Å². The number of pyridine rings is 1. The van der Waals surface area contributed by atoms with Crippen molar-refractivity contribution in [1.82, 2.24) is 4.98 Å². The van der Waals surface area contributed by atoms with Crippen molar-refractivity contribution in [3.05, 3.63) is 24.0 Å². The second-order valence-electron chi connectivity index (χ2n) is 2.49. The first-order valence-corrected chi connectivity index (χ1v) is 3.88. The average Bonchev–Trinajstić information content (AvgIpc) is 2.15. The molecule has 4 N–H and O–H groups in total. The third kappa shape index (κ3) is 2.18. The summed E-state index contributed by atoms with van der Waals surface area (Å²) in [6, 6.07) is 1.74. The maximum absolute atomic E-state index is 5.38. The maximum Gasteiger partial charge on any atom is 0.153 e. The van der Waals surface area contributed by atoms with Gasteiger partial charge in [-0.05, 0) is 19.4 Å². The van der Waals surface area contributed by atoms with Gasteiger partial charge in [0.25, 0.3) is 0 Å². The van der Waals surface area contributed by atoms with Crippen molar-refractivity contribution in [3.8, 4) is 5.75 Å². The second kappa shape index (κ2) is 4.69. The van der Waals surface area contributed by atoms with E-state index in [0.29, 0.717) is 12.3 Å². The summed E-state index contributed by atoms with van der Waals surface area (Å²) in [5.74, 6) is 5.74. The van der Waals surface area contributed by atoms with Gasteiger partial charge in [-0.3, -0.25) is 4.98 Å². The Morgan fingerprint density at radius 1 is 1.50 bits per heavy atom. The third-order valence-corrected chi connectivity index (χ3v) is 1.64. The lowest BCUT2D eigenvalue weighted by atomic mass is 10.1. The molecule has 0 unspecified atom stereocenters. The van der Waals surface area contributed by atoms with Gasteiger partial charge in [-0.1, -0.05) is 0 Å². The molecule has 0 saturated carbocycles. The van der Waals surface area contributed by atoms with Crippen LogP contribution < -0.4 is 16.5 Å². The molecule has 0 aliphatic heterocycles. The van der Waals surface area contributed by atoms with Crippen molar-refractivity contribution in [1.29, 1.82) is 0 Å². The molecule has 4 heteroatoms. The van der Waals surface area contributed by atoms with Gasteiger partial charge >= 0.3 is 0 Å².